The van der Waals surface area contributed by atoms with E-state index in [1.54, 1.807) is 13.8 Å². The smallest absolute Gasteiger partial charge is 0.407 e. The van der Waals surface area contributed by atoms with Crippen molar-refractivity contribution in [3.05, 3.63) is 59.7 Å². The van der Waals surface area contributed by atoms with Crippen LogP contribution in [-0.2, 0) is 19.1 Å². The second-order valence-electron chi connectivity index (χ2n) is 8.99. The van der Waals surface area contributed by atoms with Gasteiger partial charge in [-0.25, -0.2) is 9.59 Å². The minimum absolute atomic E-state index is 0.0200. The molecule has 1 heterocycles. The maximum Gasteiger partial charge on any atom is 0.407 e. The third-order valence-electron chi connectivity index (χ3n) is 6.27. The summed E-state index contributed by atoms with van der Waals surface area (Å²) >= 11 is 0. The molecule has 8 nitrogen and oxygen atoms in total. The molecule has 33 heavy (non-hydrogen) atoms. The number of alkyl carbamates (subject to hydrolysis) is 1. The third kappa shape index (κ3) is 4.57. The predicted octanol–water partition coefficient (Wildman–Crippen LogP) is 2.86. The van der Waals surface area contributed by atoms with E-state index in [4.69, 9.17) is 9.47 Å². The number of carbonyl (C=O) groups is 3. The van der Waals surface area contributed by atoms with Crippen molar-refractivity contribution in [2.24, 2.45) is 5.41 Å². The zero-order valence-electron chi connectivity index (χ0n) is 18.7. The Labute approximate surface area is 192 Å². The SMILES string of the molecule is CC(C)(CNC(=O)OCC1c2ccccc2-c2ccccc21)C(=O)N1CCOCC1C(=O)O. The number of ether oxygens (including phenoxy) is 2. The maximum absolute atomic E-state index is 13.0. The molecule has 0 spiro atoms. The molecule has 2 aromatic carbocycles. The number of hydrogen-bond donors (Lipinski definition) is 2. The van der Waals surface area contributed by atoms with Crippen molar-refractivity contribution in [2.45, 2.75) is 25.8 Å². The highest BCUT2D eigenvalue weighted by Gasteiger charge is 2.40. The molecule has 0 saturated carbocycles. The standard InChI is InChI=1S/C25H28N2O6/c1-25(2,23(30)27-11-12-32-14-21(27)22(28)29)15-26-24(31)33-13-20-18-9-5-3-7-16(18)17-8-4-6-10-19(17)20/h3-10,20-21H,11-15H2,1-2H3,(H,26,31)(H,28,29). The molecular weight excluding hydrogens is 424 g/mol. The fourth-order valence-corrected chi connectivity index (χ4v) is 4.46. The lowest BCUT2D eigenvalue weighted by Gasteiger charge is -2.38. The minimum atomic E-state index is -1.11. The van der Waals surface area contributed by atoms with Crippen molar-refractivity contribution in [1.82, 2.24) is 10.2 Å². The minimum Gasteiger partial charge on any atom is -0.480 e. The van der Waals surface area contributed by atoms with Crippen LogP contribution in [0, 0.1) is 5.41 Å². The average Bonchev–Trinajstić information content (AvgIpc) is 3.14. The molecule has 4 rings (SSSR count). The molecule has 8 heteroatoms. The van der Waals surface area contributed by atoms with E-state index in [2.05, 4.69) is 17.4 Å². The lowest BCUT2D eigenvalue weighted by Crippen LogP contribution is -2.57. The second kappa shape index (κ2) is 9.23. The van der Waals surface area contributed by atoms with Crippen LogP contribution in [0.3, 0.4) is 0 Å². The number of carbonyl (C=O) groups excluding carboxylic acids is 2. The number of rotatable bonds is 6. The molecule has 1 atom stereocenters. The number of fused-ring (bicyclic) bond motifs is 3. The van der Waals surface area contributed by atoms with Gasteiger partial charge in [0.25, 0.3) is 0 Å². The number of nitrogens with zero attached hydrogens (tertiary/aromatic N) is 1. The highest BCUT2D eigenvalue weighted by atomic mass is 16.5. The molecule has 0 bridgehead atoms. The summed E-state index contributed by atoms with van der Waals surface area (Å²) in [6.07, 6.45) is -0.616. The Bertz CT molecular complexity index is 1020. The molecule has 1 fully saturated rings. The molecule has 2 amide bonds. The van der Waals surface area contributed by atoms with Gasteiger partial charge < -0.3 is 24.8 Å². The van der Waals surface area contributed by atoms with Crippen LogP contribution >= 0.6 is 0 Å². The van der Waals surface area contributed by atoms with Crippen molar-refractivity contribution in [3.8, 4) is 11.1 Å². The fourth-order valence-electron chi connectivity index (χ4n) is 4.46. The maximum atomic E-state index is 13.0. The fraction of sp³-hybridized carbons (Fsp3) is 0.400. The van der Waals surface area contributed by atoms with Crippen LogP contribution in [-0.4, -0.2) is 66.9 Å². The lowest BCUT2D eigenvalue weighted by atomic mass is 9.90. The first-order valence-electron chi connectivity index (χ1n) is 11.0. The van der Waals surface area contributed by atoms with Crippen LogP contribution in [0.4, 0.5) is 4.79 Å². The summed E-state index contributed by atoms with van der Waals surface area (Å²) in [7, 11) is 0. The van der Waals surface area contributed by atoms with Gasteiger partial charge in [0.05, 0.1) is 18.6 Å². The van der Waals surface area contributed by atoms with Crippen LogP contribution < -0.4 is 5.32 Å². The van der Waals surface area contributed by atoms with Crippen LogP contribution in [0.2, 0.25) is 0 Å². The van der Waals surface area contributed by atoms with E-state index in [0.29, 0.717) is 0 Å². The highest BCUT2D eigenvalue weighted by Crippen LogP contribution is 2.44. The van der Waals surface area contributed by atoms with Crippen molar-refractivity contribution in [3.63, 3.8) is 0 Å². The van der Waals surface area contributed by atoms with Gasteiger partial charge in [-0.3, -0.25) is 4.79 Å². The summed E-state index contributed by atoms with van der Waals surface area (Å²) in [5.74, 6) is -1.51. The highest BCUT2D eigenvalue weighted by molar-refractivity contribution is 5.88. The van der Waals surface area contributed by atoms with E-state index in [1.807, 2.05) is 36.4 Å². The number of hydrogen-bond acceptors (Lipinski definition) is 5. The third-order valence-corrected chi connectivity index (χ3v) is 6.27. The van der Waals surface area contributed by atoms with E-state index < -0.39 is 23.5 Å². The van der Waals surface area contributed by atoms with Gasteiger partial charge in [-0.15, -0.1) is 0 Å². The van der Waals surface area contributed by atoms with Crippen LogP contribution in [0.25, 0.3) is 11.1 Å². The molecule has 2 aliphatic rings. The predicted molar refractivity (Wildman–Crippen MR) is 121 cm³/mol. The summed E-state index contributed by atoms with van der Waals surface area (Å²) < 4.78 is 10.7. The van der Waals surface area contributed by atoms with E-state index >= 15 is 0 Å². The Kier molecular flexibility index (Phi) is 6.37. The summed E-state index contributed by atoms with van der Waals surface area (Å²) in [6, 6.07) is 15.1. The topological polar surface area (TPSA) is 105 Å². The Morgan fingerprint density at radius 3 is 2.30 bits per heavy atom. The Hall–Kier alpha value is -3.39. The first kappa shape index (κ1) is 22.8. The first-order chi connectivity index (χ1) is 15.8. The van der Waals surface area contributed by atoms with Gasteiger partial charge in [0, 0.05) is 19.0 Å². The number of amides is 2. The quantitative estimate of drug-likeness (QED) is 0.698. The van der Waals surface area contributed by atoms with Crippen molar-refractivity contribution in [1.29, 1.82) is 0 Å². The Morgan fingerprint density at radius 2 is 1.70 bits per heavy atom. The molecule has 1 unspecified atom stereocenters. The normalized spacial score (nSPS) is 17.8. The van der Waals surface area contributed by atoms with Crippen molar-refractivity contribution in [2.75, 3.05) is 32.9 Å². The lowest BCUT2D eigenvalue weighted by molar-refractivity contribution is -0.162. The number of aliphatic carboxylic acids is 1. The summed E-state index contributed by atoms with van der Waals surface area (Å²) in [5.41, 5.74) is 3.53. The number of carboxylic acid groups (broad SMARTS) is 1. The Morgan fingerprint density at radius 1 is 1.09 bits per heavy atom. The van der Waals surface area contributed by atoms with E-state index in [9.17, 15) is 19.5 Å². The molecule has 1 saturated heterocycles. The van der Waals surface area contributed by atoms with Crippen LogP contribution in [0.5, 0.6) is 0 Å². The number of benzene rings is 2. The monoisotopic (exact) mass is 452 g/mol. The average molecular weight is 453 g/mol. The number of nitrogens with one attached hydrogen (secondary N) is 1. The molecule has 2 aromatic rings. The number of carboxylic acids is 1. The molecule has 0 aromatic heterocycles. The zero-order chi connectivity index (χ0) is 23.6. The summed E-state index contributed by atoms with van der Waals surface area (Å²) in [4.78, 5) is 38.3. The van der Waals surface area contributed by atoms with Gasteiger partial charge in [0.1, 0.15) is 6.61 Å². The van der Waals surface area contributed by atoms with E-state index in [1.165, 1.54) is 4.90 Å². The zero-order valence-corrected chi connectivity index (χ0v) is 18.7. The van der Waals surface area contributed by atoms with Gasteiger partial charge in [-0.1, -0.05) is 48.5 Å². The van der Waals surface area contributed by atoms with Crippen LogP contribution in [0.15, 0.2) is 48.5 Å². The van der Waals surface area contributed by atoms with Gasteiger partial charge in [0.15, 0.2) is 6.04 Å². The molecular formula is C25H28N2O6. The molecule has 0 radical (unpaired) electrons. The molecule has 1 aliphatic heterocycles. The molecule has 174 valence electrons. The van der Waals surface area contributed by atoms with Gasteiger partial charge in [-0.2, -0.15) is 0 Å². The second-order valence-corrected chi connectivity index (χ2v) is 8.99. The molecule has 1 aliphatic carbocycles. The largest absolute Gasteiger partial charge is 0.480 e. The van der Waals surface area contributed by atoms with Crippen molar-refractivity contribution >= 4 is 18.0 Å². The van der Waals surface area contributed by atoms with Crippen LogP contribution in [0.1, 0.15) is 30.9 Å². The van der Waals surface area contributed by atoms with Gasteiger partial charge in [0.2, 0.25) is 5.91 Å². The van der Waals surface area contributed by atoms with E-state index in [0.717, 1.165) is 22.3 Å². The van der Waals surface area contributed by atoms with Gasteiger partial charge in [-0.05, 0) is 36.1 Å². The molecule has 2 N–H and O–H groups in total. The van der Waals surface area contributed by atoms with E-state index in [-0.39, 0.29) is 44.7 Å². The van der Waals surface area contributed by atoms with Crippen molar-refractivity contribution < 1.29 is 29.0 Å². The summed E-state index contributed by atoms with van der Waals surface area (Å²) in [5, 5.41) is 12.1. The summed E-state index contributed by atoms with van der Waals surface area (Å²) in [6.45, 7) is 3.98. The first-order valence-corrected chi connectivity index (χ1v) is 11.0. The van der Waals surface area contributed by atoms with Gasteiger partial charge >= 0.3 is 12.1 Å². The Balaban J connectivity index is 1.36. The number of morpholine rings is 1.